The highest BCUT2D eigenvalue weighted by Crippen LogP contribution is 2.46. The Balaban J connectivity index is 1.34. The molecule has 0 saturated carbocycles. The number of carbonyl (C=O) groups excluding carboxylic acids is 4. The van der Waals surface area contributed by atoms with Crippen molar-refractivity contribution < 1.29 is 42.9 Å². The number of aliphatic hydroxyl groups is 1. The Morgan fingerprint density at radius 1 is 0.865 bits per heavy atom. The van der Waals surface area contributed by atoms with Crippen molar-refractivity contribution in [1.82, 2.24) is 15.2 Å². The number of aromatic amines is 1. The van der Waals surface area contributed by atoms with E-state index in [1.807, 2.05) is 48.5 Å². The van der Waals surface area contributed by atoms with Crippen LogP contribution in [0, 0.1) is 11.7 Å². The fraction of sp³-hybridized carbons (Fsp3) is 0.385. The molecule has 1 aliphatic rings. The zero-order valence-corrected chi connectivity index (χ0v) is 29.4. The molecule has 0 radical (unpaired) electrons. The Morgan fingerprint density at radius 2 is 1.48 bits per heavy atom. The second-order valence-electron chi connectivity index (χ2n) is 13.1. The first-order chi connectivity index (χ1) is 24.9. The molecule has 3 atom stereocenters. The summed E-state index contributed by atoms with van der Waals surface area (Å²) in [6, 6.07) is 21.0. The third-order valence-electron chi connectivity index (χ3n) is 9.12. The van der Waals surface area contributed by atoms with E-state index >= 15 is 0 Å². The molecule has 1 saturated heterocycles. The van der Waals surface area contributed by atoms with E-state index in [4.69, 9.17) is 14.2 Å². The van der Waals surface area contributed by atoms with Gasteiger partial charge in [0, 0.05) is 32.9 Å². The topological polar surface area (TPSA) is 161 Å². The number of carbonyl (C=O) groups is 4. The van der Waals surface area contributed by atoms with Crippen molar-refractivity contribution in [3.63, 3.8) is 0 Å². The number of nitrogens with zero attached hydrogens (tertiary/aromatic N) is 3. The van der Waals surface area contributed by atoms with Crippen LogP contribution >= 0.6 is 0 Å². The van der Waals surface area contributed by atoms with E-state index in [1.165, 1.54) is 39.2 Å². The lowest BCUT2D eigenvalue weighted by atomic mass is 9.78. The molecule has 1 fully saturated rings. The number of aryl methyl sites for hydroxylation is 3. The zero-order chi connectivity index (χ0) is 37.3. The molecule has 4 aromatic rings. The van der Waals surface area contributed by atoms with E-state index in [0.29, 0.717) is 31.2 Å². The van der Waals surface area contributed by atoms with Crippen LogP contribution in [0.3, 0.4) is 0 Å². The quantitative estimate of drug-likeness (QED) is 0.0834. The summed E-state index contributed by atoms with van der Waals surface area (Å²) in [6.07, 6.45) is 3.59. The first kappa shape index (κ1) is 37.8. The van der Waals surface area contributed by atoms with E-state index in [9.17, 15) is 28.7 Å². The van der Waals surface area contributed by atoms with Gasteiger partial charge in [0.15, 0.2) is 0 Å². The van der Waals surface area contributed by atoms with Gasteiger partial charge in [-0.3, -0.25) is 24.3 Å². The van der Waals surface area contributed by atoms with Gasteiger partial charge in [0.05, 0.1) is 12.0 Å². The largest absolute Gasteiger partial charge is 0.463 e. The number of β-lactam (4-membered cyclic amide) rings is 1. The van der Waals surface area contributed by atoms with Crippen LogP contribution in [0.5, 0.6) is 0 Å². The number of hydrogen-bond acceptors (Lipinski definition) is 10. The molecule has 1 amide bonds. The van der Waals surface area contributed by atoms with Crippen molar-refractivity contribution in [1.29, 1.82) is 0 Å². The summed E-state index contributed by atoms with van der Waals surface area (Å²) >= 11 is 0. The molecule has 3 aromatic carbocycles. The summed E-state index contributed by atoms with van der Waals surface area (Å²) in [5.74, 6) is -1.69. The van der Waals surface area contributed by atoms with Crippen molar-refractivity contribution in [2.75, 3.05) is 18.1 Å². The number of amides is 1. The molecule has 52 heavy (non-hydrogen) atoms. The normalized spacial score (nSPS) is 16.2. The van der Waals surface area contributed by atoms with E-state index in [-0.39, 0.29) is 31.6 Å². The van der Waals surface area contributed by atoms with Crippen molar-refractivity contribution in [2.24, 2.45) is 5.92 Å². The second kappa shape index (κ2) is 17.2. The SMILES string of the molecule is CC(=O)OCC(O)(CCc1ccc(C2C(CC[C@H](OC(C)=O)c3ccc(F)cc3)C(=O)N2c2ccc(CCc3ncn[nH]3)cc2)cc1)COC(C)=O. The Labute approximate surface area is 301 Å². The Bertz CT molecular complexity index is 1800. The number of rotatable bonds is 17. The van der Waals surface area contributed by atoms with Crippen LogP contribution in [0.1, 0.15) is 80.3 Å². The van der Waals surface area contributed by atoms with E-state index in [1.54, 1.807) is 17.0 Å². The Kier molecular flexibility index (Phi) is 12.5. The van der Waals surface area contributed by atoms with Gasteiger partial charge in [0.25, 0.3) is 0 Å². The van der Waals surface area contributed by atoms with Crippen molar-refractivity contribution in [3.05, 3.63) is 113 Å². The lowest BCUT2D eigenvalue weighted by molar-refractivity contribution is -0.161. The molecule has 5 rings (SSSR count). The minimum atomic E-state index is -1.57. The van der Waals surface area contributed by atoms with Gasteiger partial charge in [-0.25, -0.2) is 9.37 Å². The first-order valence-electron chi connectivity index (χ1n) is 17.2. The van der Waals surface area contributed by atoms with Crippen molar-refractivity contribution >= 4 is 29.5 Å². The van der Waals surface area contributed by atoms with Gasteiger partial charge in [-0.2, -0.15) is 5.10 Å². The van der Waals surface area contributed by atoms with Gasteiger partial charge >= 0.3 is 17.9 Å². The average Bonchev–Trinajstić information content (AvgIpc) is 3.65. The van der Waals surface area contributed by atoms with Crippen LogP contribution in [0.15, 0.2) is 79.1 Å². The summed E-state index contributed by atoms with van der Waals surface area (Å²) in [5.41, 5.74) is 2.67. The number of ether oxygens (including phenoxy) is 3. The molecule has 0 aliphatic carbocycles. The Morgan fingerprint density at radius 3 is 2.06 bits per heavy atom. The summed E-state index contributed by atoms with van der Waals surface area (Å²) in [6.45, 7) is 3.15. The number of nitrogens with one attached hydrogen (secondary N) is 1. The minimum absolute atomic E-state index is 0.0647. The average molecular weight is 715 g/mol. The van der Waals surface area contributed by atoms with Gasteiger partial charge in [-0.05, 0) is 78.6 Å². The smallest absolute Gasteiger partial charge is 0.303 e. The maximum Gasteiger partial charge on any atom is 0.303 e. The molecule has 0 spiro atoms. The van der Waals surface area contributed by atoms with Crippen LogP contribution in [0.4, 0.5) is 10.1 Å². The van der Waals surface area contributed by atoms with Crippen LogP contribution in [0.25, 0.3) is 0 Å². The molecule has 1 aromatic heterocycles. The van der Waals surface area contributed by atoms with Crippen LogP contribution < -0.4 is 4.90 Å². The summed E-state index contributed by atoms with van der Waals surface area (Å²) in [5, 5.41) is 17.8. The minimum Gasteiger partial charge on any atom is -0.463 e. The van der Waals surface area contributed by atoms with E-state index in [0.717, 1.165) is 34.6 Å². The van der Waals surface area contributed by atoms with Crippen LogP contribution in [-0.2, 0) is 52.7 Å². The van der Waals surface area contributed by atoms with Crippen LogP contribution in [0.2, 0.25) is 0 Å². The highest BCUT2D eigenvalue weighted by atomic mass is 19.1. The third-order valence-corrected chi connectivity index (χ3v) is 9.12. The summed E-state index contributed by atoms with van der Waals surface area (Å²) in [4.78, 5) is 54.6. The van der Waals surface area contributed by atoms with E-state index in [2.05, 4.69) is 15.2 Å². The molecule has 0 bridgehead atoms. The number of anilines is 1. The number of benzene rings is 3. The highest BCUT2D eigenvalue weighted by molar-refractivity contribution is 6.03. The molecular weight excluding hydrogens is 671 g/mol. The molecule has 1 aliphatic heterocycles. The number of aromatic nitrogens is 3. The van der Waals surface area contributed by atoms with Crippen LogP contribution in [-0.4, -0.2) is 62.9 Å². The lowest BCUT2D eigenvalue weighted by Crippen LogP contribution is -2.55. The fourth-order valence-electron chi connectivity index (χ4n) is 6.36. The summed E-state index contributed by atoms with van der Waals surface area (Å²) in [7, 11) is 0. The van der Waals surface area contributed by atoms with Gasteiger partial charge in [-0.15, -0.1) is 0 Å². The Hall–Kier alpha value is -5.43. The maximum atomic E-state index is 13.9. The monoisotopic (exact) mass is 714 g/mol. The third kappa shape index (κ3) is 10.1. The van der Waals surface area contributed by atoms with Gasteiger partial charge in [0.1, 0.15) is 42.9 Å². The number of esters is 3. The molecule has 13 heteroatoms. The van der Waals surface area contributed by atoms with Crippen molar-refractivity contribution in [3.8, 4) is 0 Å². The number of halogens is 1. The highest BCUT2D eigenvalue weighted by Gasteiger charge is 2.48. The number of H-pyrrole nitrogens is 1. The molecule has 2 unspecified atom stereocenters. The van der Waals surface area contributed by atoms with Gasteiger partial charge in [0.2, 0.25) is 5.91 Å². The predicted octanol–water partition coefficient (Wildman–Crippen LogP) is 5.31. The molecule has 274 valence electrons. The number of hydrogen-bond donors (Lipinski definition) is 2. The fourth-order valence-corrected chi connectivity index (χ4v) is 6.36. The summed E-state index contributed by atoms with van der Waals surface area (Å²) < 4.78 is 29.3. The molecular formula is C39H43FN4O8. The first-order valence-corrected chi connectivity index (χ1v) is 17.2. The second-order valence-corrected chi connectivity index (χ2v) is 13.1. The van der Waals surface area contributed by atoms with Crippen molar-refractivity contribution in [2.45, 2.75) is 77.0 Å². The predicted molar refractivity (Wildman–Crippen MR) is 187 cm³/mol. The standard InChI is InChI=1S/C39H43FN4O8/c1-25(45)50-22-39(49,23-51-26(2)46)21-20-29-4-9-31(10-5-29)37-34(17-18-35(52-27(3)47)30-11-13-32(40)14-12-30)38(48)44(37)33-15-6-28(7-16-33)8-19-36-41-24-42-43-36/h4-7,9-16,24,34-35,37,49H,8,17-23H2,1-3H3,(H,41,42,43)/t34?,35-,37?/m0/s1. The van der Waals surface area contributed by atoms with Gasteiger partial charge < -0.3 is 24.2 Å². The van der Waals surface area contributed by atoms with E-state index < -0.39 is 41.3 Å². The maximum absolute atomic E-state index is 13.9. The zero-order valence-electron chi connectivity index (χ0n) is 29.4. The molecule has 2 heterocycles. The molecule has 2 N–H and O–H groups in total. The molecule has 12 nitrogen and oxygen atoms in total. The van der Waals surface area contributed by atoms with Gasteiger partial charge in [-0.1, -0.05) is 48.5 Å². The lowest BCUT2D eigenvalue weighted by Gasteiger charge is -2.48.